The van der Waals surface area contributed by atoms with Gasteiger partial charge in [0, 0.05) is 24.5 Å². The highest BCUT2D eigenvalue weighted by Gasteiger charge is 2.22. The fourth-order valence-corrected chi connectivity index (χ4v) is 3.78. The summed E-state index contributed by atoms with van der Waals surface area (Å²) in [4.78, 5) is 19.6. The molecule has 1 amide bonds. The Balaban J connectivity index is 1.37. The third-order valence-corrected chi connectivity index (χ3v) is 5.09. The molecule has 7 heteroatoms. The van der Waals surface area contributed by atoms with Gasteiger partial charge >= 0.3 is 0 Å². The Morgan fingerprint density at radius 1 is 1.48 bits per heavy atom. The Bertz CT molecular complexity index is 584. The normalized spacial score (nSPS) is 18.9. The van der Waals surface area contributed by atoms with E-state index in [1.54, 1.807) is 24.0 Å². The van der Waals surface area contributed by atoms with E-state index in [9.17, 15) is 4.79 Å². The van der Waals surface area contributed by atoms with Crippen LogP contribution >= 0.6 is 11.3 Å². The number of aromatic nitrogens is 3. The van der Waals surface area contributed by atoms with Crippen LogP contribution in [0.15, 0.2) is 30.2 Å². The number of nitrogens with one attached hydrogen (secondary N) is 1. The van der Waals surface area contributed by atoms with Gasteiger partial charge in [0.1, 0.15) is 12.7 Å². The maximum Gasteiger partial charge on any atom is 0.234 e. The topological polar surface area (TPSA) is 63.1 Å². The van der Waals surface area contributed by atoms with Crippen LogP contribution in [0.2, 0.25) is 0 Å². The van der Waals surface area contributed by atoms with E-state index in [4.69, 9.17) is 0 Å². The molecule has 1 fully saturated rings. The van der Waals surface area contributed by atoms with Gasteiger partial charge in [-0.05, 0) is 43.2 Å². The zero-order chi connectivity index (χ0) is 15.9. The molecule has 6 nitrogen and oxygen atoms in total. The minimum absolute atomic E-state index is 0.128. The van der Waals surface area contributed by atoms with Gasteiger partial charge in [0.15, 0.2) is 0 Å². The molecule has 2 aromatic heterocycles. The molecule has 1 atom stereocenters. The highest BCUT2D eigenvalue weighted by Crippen LogP contribution is 2.17. The van der Waals surface area contributed by atoms with E-state index >= 15 is 0 Å². The van der Waals surface area contributed by atoms with Crippen LogP contribution in [0.3, 0.4) is 0 Å². The van der Waals surface area contributed by atoms with Gasteiger partial charge in [-0.3, -0.25) is 14.4 Å². The SMILES string of the molecule is O=C(CN1CCC[C@@H](Cn2cncn2)C1)NCCc1cccs1. The summed E-state index contributed by atoms with van der Waals surface area (Å²) >= 11 is 1.74. The van der Waals surface area contributed by atoms with E-state index in [0.29, 0.717) is 12.5 Å². The molecule has 23 heavy (non-hydrogen) atoms. The molecule has 0 bridgehead atoms. The fourth-order valence-electron chi connectivity index (χ4n) is 3.07. The largest absolute Gasteiger partial charge is 0.355 e. The van der Waals surface area contributed by atoms with Crippen molar-refractivity contribution < 1.29 is 4.79 Å². The Morgan fingerprint density at radius 3 is 3.22 bits per heavy atom. The Labute approximate surface area is 140 Å². The van der Waals surface area contributed by atoms with E-state index in [1.165, 1.54) is 11.3 Å². The maximum atomic E-state index is 12.1. The second kappa shape index (κ2) is 8.21. The number of hydrogen-bond donors (Lipinski definition) is 1. The number of carbonyl (C=O) groups is 1. The second-order valence-electron chi connectivity index (χ2n) is 6.04. The Kier molecular flexibility index (Phi) is 5.76. The molecular formula is C16H23N5OS. The van der Waals surface area contributed by atoms with Crippen molar-refractivity contribution in [3.05, 3.63) is 35.0 Å². The van der Waals surface area contributed by atoms with Gasteiger partial charge in [-0.1, -0.05) is 6.07 Å². The van der Waals surface area contributed by atoms with Crippen molar-refractivity contribution in [1.82, 2.24) is 25.0 Å². The van der Waals surface area contributed by atoms with E-state index in [-0.39, 0.29) is 5.91 Å². The quantitative estimate of drug-likeness (QED) is 0.832. The fraction of sp³-hybridized carbons (Fsp3) is 0.562. The van der Waals surface area contributed by atoms with Crippen molar-refractivity contribution >= 4 is 17.2 Å². The predicted octanol–water partition coefficient (Wildman–Crippen LogP) is 1.41. The summed E-state index contributed by atoms with van der Waals surface area (Å²) in [7, 11) is 0. The van der Waals surface area contributed by atoms with Gasteiger partial charge in [0.25, 0.3) is 0 Å². The van der Waals surface area contributed by atoms with Crippen LogP contribution in [0.5, 0.6) is 0 Å². The molecule has 3 heterocycles. The lowest BCUT2D eigenvalue weighted by atomic mass is 9.98. The van der Waals surface area contributed by atoms with E-state index in [1.807, 2.05) is 10.7 Å². The number of nitrogens with zero attached hydrogens (tertiary/aromatic N) is 4. The molecule has 1 aliphatic heterocycles. The van der Waals surface area contributed by atoms with Gasteiger partial charge in [0.2, 0.25) is 5.91 Å². The van der Waals surface area contributed by atoms with Gasteiger partial charge < -0.3 is 5.32 Å². The number of amides is 1. The first-order valence-electron chi connectivity index (χ1n) is 8.13. The molecule has 1 N–H and O–H groups in total. The van der Waals surface area contributed by atoms with Gasteiger partial charge in [-0.15, -0.1) is 11.3 Å². The standard InChI is InChI=1S/C16H23N5OS/c22-16(18-6-5-15-4-2-8-23-15)11-20-7-1-3-14(9-20)10-21-13-17-12-19-21/h2,4,8,12-14H,1,3,5-7,9-11H2,(H,18,22)/t14-/m1/s1. The molecule has 0 spiro atoms. The zero-order valence-corrected chi connectivity index (χ0v) is 14.0. The number of hydrogen-bond acceptors (Lipinski definition) is 5. The summed E-state index contributed by atoms with van der Waals surface area (Å²) in [5.41, 5.74) is 0. The first-order chi connectivity index (χ1) is 11.3. The number of rotatable bonds is 7. The van der Waals surface area contributed by atoms with Gasteiger partial charge in [-0.2, -0.15) is 5.10 Å². The first-order valence-corrected chi connectivity index (χ1v) is 9.01. The lowest BCUT2D eigenvalue weighted by molar-refractivity contribution is -0.122. The zero-order valence-electron chi connectivity index (χ0n) is 13.2. The minimum atomic E-state index is 0.128. The number of thiophene rings is 1. The monoisotopic (exact) mass is 333 g/mol. The molecule has 3 rings (SSSR count). The molecular weight excluding hydrogens is 310 g/mol. The summed E-state index contributed by atoms with van der Waals surface area (Å²) in [6.45, 7) is 4.06. The molecule has 2 aromatic rings. The van der Waals surface area contributed by atoms with Crippen LogP contribution in [0.1, 0.15) is 17.7 Å². The molecule has 0 radical (unpaired) electrons. The molecule has 124 valence electrons. The van der Waals surface area contributed by atoms with E-state index < -0.39 is 0 Å². The van der Waals surface area contributed by atoms with Crippen LogP contribution in [0.25, 0.3) is 0 Å². The van der Waals surface area contributed by atoms with Crippen molar-refractivity contribution in [3.63, 3.8) is 0 Å². The molecule has 1 saturated heterocycles. The molecule has 0 aliphatic carbocycles. The van der Waals surface area contributed by atoms with Crippen molar-refractivity contribution in [1.29, 1.82) is 0 Å². The van der Waals surface area contributed by atoms with Crippen molar-refractivity contribution in [2.45, 2.75) is 25.8 Å². The summed E-state index contributed by atoms with van der Waals surface area (Å²) in [5.74, 6) is 0.673. The summed E-state index contributed by atoms with van der Waals surface area (Å²) in [6.07, 6.45) is 6.58. The Morgan fingerprint density at radius 2 is 2.43 bits per heavy atom. The van der Waals surface area contributed by atoms with E-state index in [0.717, 1.165) is 39.0 Å². The number of carbonyl (C=O) groups excluding carboxylic acids is 1. The lowest BCUT2D eigenvalue weighted by Gasteiger charge is -2.32. The molecule has 0 saturated carbocycles. The molecule has 0 aromatic carbocycles. The average Bonchev–Trinajstić information content (AvgIpc) is 3.21. The highest BCUT2D eigenvalue weighted by atomic mass is 32.1. The van der Waals surface area contributed by atoms with Crippen molar-refractivity contribution in [2.24, 2.45) is 5.92 Å². The van der Waals surface area contributed by atoms with Crippen LogP contribution in [-0.2, 0) is 17.8 Å². The van der Waals surface area contributed by atoms with Crippen LogP contribution in [0, 0.1) is 5.92 Å². The first kappa shape index (κ1) is 16.1. The van der Waals surface area contributed by atoms with Gasteiger partial charge in [0.05, 0.1) is 6.54 Å². The average molecular weight is 333 g/mol. The lowest BCUT2D eigenvalue weighted by Crippen LogP contribution is -2.43. The summed E-state index contributed by atoms with van der Waals surface area (Å²) < 4.78 is 1.88. The minimum Gasteiger partial charge on any atom is -0.355 e. The third-order valence-electron chi connectivity index (χ3n) is 4.16. The predicted molar refractivity (Wildman–Crippen MR) is 90.2 cm³/mol. The van der Waals surface area contributed by atoms with Crippen LogP contribution in [-0.4, -0.2) is 51.8 Å². The maximum absolute atomic E-state index is 12.1. The highest BCUT2D eigenvalue weighted by molar-refractivity contribution is 7.09. The number of likely N-dealkylation sites (tertiary alicyclic amines) is 1. The van der Waals surface area contributed by atoms with E-state index in [2.05, 4.69) is 31.7 Å². The number of piperidine rings is 1. The molecule has 1 aliphatic rings. The van der Waals surface area contributed by atoms with Crippen LogP contribution < -0.4 is 5.32 Å². The van der Waals surface area contributed by atoms with Crippen molar-refractivity contribution in [2.75, 3.05) is 26.2 Å². The smallest absolute Gasteiger partial charge is 0.234 e. The summed E-state index contributed by atoms with van der Waals surface area (Å²) in [5, 5.41) is 9.27. The second-order valence-corrected chi connectivity index (χ2v) is 7.07. The van der Waals surface area contributed by atoms with Crippen molar-refractivity contribution in [3.8, 4) is 0 Å². The summed E-state index contributed by atoms with van der Waals surface area (Å²) in [6, 6.07) is 4.15. The third kappa shape index (κ3) is 5.14. The molecule has 0 unspecified atom stereocenters. The van der Waals surface area contributed by atoms with Crippen LogP contribution in [0.4, 0.5) is 0 Å². The van der Waals surface area contributed by atoms with Gasteiger partial charge in [-0.25, -0.2) is 4.98 Å². The Hall–Kier alpha value is -1.73.